The van der Waals surface area contributed by atoms with Crippen LogP contribution in [0.1, 0.15) is 12.6 Å². The van der Waals surface area contributed by atoms with Crippen molar-refractivity contribution in [3.05, 3.63) is 24.0 Å². The first-order valence-corrected chi connectivity index (χ1v) is 6.59. The Hall–Kier alpha value is -0.850. The van der Waals surface area contributed by atoms with Crippen LogP contribution in [0.4, 0.5) is 0 Å². The van der Waals surface area contributed by atoms with Gasteiger partial charge in [-0.3, -0.25) is 0 Å². The second-order valence-corrected chi connectivity index (χ2v) is 5.06. The highest BCUT2D eigenvalue weighted by Crippen LogP contribution is 2.00. The quantitative estimate of drug-likeness (QED) is 0.670. The van der Waals surface area contributed by atoms with E-state index in [1.165, 1.54) is 0 Å². The van der Waals surface area contributed by atoms with Crippen LogP contribution in [0.2, 0.25) is 0 Å². The average molecular weight is 231 g/mol. The molecule has 1 aromatic heterocycles. The predicted octanol–water partition coefficient (Wildman–Crippen LogP) is -0.114. The maximum Gasteiger partial charge on any atom is 0.210 e. The molecule has 86 valence electrons. The minimum Gasteiger partial charge on any atom is -0.351 e. The Morgan fingerprint density at radius 3 is 2.87 bits per heavy atom. The molecule has 0 aliphatic carbocycles. The lowest BCUT2D eigenvalue weighted by atomic mass is 10.4. The molecule has 1 aromatic rings. The number of aryl methyl sites for hydroxylation is 1. The van der Waals surface area contributed by atoms with Crippen molar-refractivity contribution >= 4 is 10.0 Å². The summed E-state index contributed by atoms with van der Waals surface area (Å²) >= 11 is 0. The van der Waals surface area contributed by atoms with Crippen molar-refractivity contribution in [1.82, 2.24) is 9.88 Å². The van der Waals surface area contributed by atoms with Crippen LogP contribution < -0.4 is 10.5 Å². The van der Waals surface area contributed by atoms with E-state index in [2.05, 4.69) is 16.8 Å². The number of aromatic nitrogens is 1. The van der Waals surface area contributed by atoms with E-state index in [1.54, 1.807) is 0 Å². The molecule has 1 rings (SSSR count). The monoisotopic (exact) mass is 231 g/mol. The average Bonchev–Trinajstić information content (AvgIpc) is 2.58. The fourth-order valence-electron chi connectivity index (χ4n) is 1.35. The van der Waals surface area contributed by atoms with E-state index in [4.69, 9.17) is 5.14 Å². The largest absolute Gasteiger partial charge is 0.351 e. The van der Waals surface area contributed by atoms with E-state index < -0.39 is 10.0 Å². The third kappa shape index (κ3) is 4.46. The first-order valence-electron chi connectivity index (χ1n) is 4.88. The lowest BCUT2D eigenvalue weighted by Crippen LogP contribution is -2.27. The van der Waals surface area contributed by atoms with Crippen LogP contribution in [0.25, 0.3) is 0 Å². The van der Waals surface area contributed by atoms with E-state index in [1.807, 2.05) is 18.3 Å². The molecular weight excluding hydrogens is 214 g/mol. The minimum absolute atomic E-state index is 0.0279. The molecule has 3 N–H and O–H groups in total. The molecule has 0 saturated carbocycles. The molecule has 0 spiro atoms. The lowest BCUT2D eigenvalue weighted by molar-refractivity contribution is 0.589. The van der Waals surface area contributed by atoms with Gasteiger partial charge in [-0.15, -0.1) is 0 Å². The van der Waals surface area contributed by atoms with Crippen LogP contribution in [-0.4, -0.2) is 25.3 Å². The lowest BCUT2D eigenvalue weighted by Gasteiger charge is -2.07. The van der Waals surface area contributed by atoms with E-state index in [0.29, 0.717) is 13.1 Å². The molecule has 0 bridgehead atoms. The Balaban J connectivity index is 2.32. The standard InChI is InChI=1S/C9H17N3O2S/c1-2-12-6-3-4-9(12)8-11-5-7-15(10,13)14/h3-4,6,11H,2,5,7-8H2,1H3,(H2,10,13,14). The highest BCUT2D eigenvalue weighted by atomic mass is 32.2. The Labute approximate surface area is 90.3 Å². The first-order chi connectivity index (χ1) is 7.03. The summed E-state index contributed by atoms with van der Waals surface area (Å²) in [4.78, 5) is 0. The summed E-state index contributed by atoms with van der Waals surface area (Å²) in [5.74, 6) is -0.0279. The zero-order chi connectivity index (χ0) is 11.3. The summed E-state index contributed by atoms with van der Waals surface area (Å²) in [7, 11) is -3.35. The molecule has 5 nitrogen and oxygen atoms in total. The number of rotatable bonds is 6. The van der Waals surface area contributed by atoms with Gasteiger partial charge >= 0.3 is 0 Å². The zero-order valence-electron chi connectivity index (χ0n) is 8.81. The van der Waals surface area contributed by atoms with Gasteiger partial charge in [0.25, 0.3) is 0 Å². The van der Waals surface area contributed by atoms with Gasteiger partial charge in [-0.05, 0) is 19.1 Å². The third-order valence-electron chi connectivity index (χ3n) is 2.13. The van der Waals surface area contributed by atoms with Crippen LogP contribution in [0.15, 0.2) is 18.3 Å². The number of nitrogens with one attached hydrogen (secondary N) is 1. The molecule has 15 heavy (non-hydrogen) atoms. The first kappa shape index (κ1) is 12.2. The van der Waals surface area contributed by atoms with Gasteiger partial charge in [0.15, 0.2) is 0 Å². The molecule has 0 saturated heterocycles. The van der Waals surface area contributed by atoms with E-state index in [9.17, 15) is 8.42 Å². The number of hydrogen-bond donors (Lipinski definition) is 2. The molecule has 0 aliphatic rings. The molecule has 0 fully saturated rings. The number of nitrogens with zero attached hydrogens (tertiary/aromatic N) is 1. The number of nitrogens with two attached hydrogens (primary N) is 1. The van der Waals surface area contributed by atoms with E-state index >= 15 is 0 Å². The van der Waals surface area contributed by atoms with Crippen LogP contribution in [-0.2, 0) is 23.1 Å². The maximum atomic E-state index is 10.6. The van der Waals surface area contributed by atoms with Crippen LogP contribution in [0.3, 0.4) is 0 Å². The minimum atomic E-state index is -3.35. The smallest absolute Gasteiger partial charge is 0.210 e. The molecule has 0 radical (unpaired) electrons. The summed E-state index contributed by atoms with van der Waals surface area (Å²) in [5.41, 5.74) is 1.15. The van der Waals surface area contributed by atoms with Crippen molar-refractivity contribution in [3.8, 4) is 0 Å². The third-order valence-corrected chi connectivity index (χ3v) is 2.91. The molecule has 0 unspecified atom stereocenters. The van der Waals surface area contributed by atoms with Crippen molar-refractivity contribution in [3.63, 3.8) is 0 Å². The number of sulfonamides is 1. The topological polar surface area (TPSA) is 77.1 Å². The fraction of sp³-hybridized carbons (Fsp3) is 0.556. The molecule has 6 heteroatoms. The Bertz CT molecular complexity index is 397. The van der Waals surface area contributed by atoms with Gasteiger partial charge in [-0.2, -0.15) is 0 Å². The summed E-state index contributed by atoms with van der Waals surface area (Å²) in [6.07, 6.45) is 2.00. The van der Waals surface area contributed by atoms with Gasteiger partial charge in [0, 0.05) is 31.5 Å². The van der Waals surface area contributed by atoms with Gasteiger partial charge < -0.3 is 9.88 Å². The van der Waals surface area contributed by atoms with Gasteiger partial charge in [0.1, 0.15) is 0 Å². The Morgan fingerprint density at radius 2 is 2.27 bits per heavy atom. The Kier molecular flexibility index (Phi) is 4.31. The molecule has 0 amide bonds. The van der Waals surface area contributed by atoms with Crippen molar-refractivity contribution in [2.45, 2.75) is 20.0 Å². The summed E-state index contributed by atoms with van der Waals surface area (Å²) in [6.45, 7) is 4.02. The molecule has 0 aromatic carbocycles. The molecule has 0 atom stereocenters. The fourth-order valence-corrected chi connectivity index (χ4v) is 1.78. The predicted molar refractivity (Wildman–Crippen MR) is 59.8 cm³/mol. The highest BCUT2D eigenvalue weighted by Gasteiger charge is 2.02. The normalized spacial score (nSPS) is 11.9. The second kappa shape index (κ2) is 5.29. The molecule has 0 aliphatic heterocycles. The summed E-state index contributed by atoms with van der Waals surface area (Å²) in [5, 5.41) is 7.92. The van der Waals surface area contributed by atoms with Crippen molar-refractivity contribution in [1.29, 1.82) is 0 Å². The van der Waals surface area contributed by atoms with Gasteiger partial charge in [0.2, 0.25) is 10.0 Å². The molecule has 1 heterocycles. The zero-order valence-corrected chi connectivity index (χ0v) is 9.63. The van der Waals surface area contributed by atoms with Gasteiger partial charge in [0.05, 0.1) is 5.75 Å². The van der Waals surface area contributed by atoms with Crippen LogP contribution in [0.5, 0.6) is 0 Å². The maximum absolute atomic E-state index is 10.6. The highest BCUT2D eigenvalue weighted by molar-refractivity contribution is 7.89. The van der Waals surface area contributed by atoms with Crippen LogP contribution in [0, 0.1) is 0 Å². The number of primary sulfonamides is 1. The molecular formula is C9H17N3O2S. The van der Waals surface area contributed by atoms with Gasteiger partial charge in [-0.25, -0.2) is 13.6 Å². The summed E-state index contributed by atoms with van der Waals surface area (Å²) in [6, 6.07) is 3.98. The van der Waals surface area contributed by atoms with Crippen molar-refractivity contribution in [2.75, 3.05) is 12.3 Å². The number of hydrogen-bond acceptors (Lipinski definition) is 3. The van der Waals surface area contributed by atoms with Gasteiger partial charge in [-0.1, -0.05) is 0 Å². The van der Waals surface area contributed by atoms with Crippen molar-refractivity contribution in [2.24, 2.45) is 5.14 Å². The van der Waals surface area contributed by atoms with Crippen molar-refractivity contribution < 1.29 is 8.42 Å². The second-order valence-electron chi connectivity index (χ2n) is 3.33. The van der Waals surface area contributed by atoms with E-state index in [0.717, 1.165) is 12.2 Å². The Morgan fingerprint density at radius 1 is 1.53 bits per heavy atom. The van der Waals surface area contributed by atoms with E-state index in [-0.39, 0.29) is 5.75 Å². The van der Waals surface area contributed by atoms with Crippen LogP contribution >= 0.6 is 0 Å². The summed E-state index contributed by atoms with van der Waals surface area (Å²) < 4.78 is 23.4. The SMILES string of the molecule is CCn1cccc1CNCCS(N)(=O)=O.